The molecule has 0 aliphatic carbocycles. The van der Waals surface area contributed by atoms with Crippen LogP contribution in [-0.2, 0) is 11.4 Å². The fraction of sp³-hybridized carbons (Fsp3) is 0.0952. The predicted octanol–water partition coefficient (Wildman–Crippen LogP) is 4.91. The molecule has 0 bridgehead atoms. The quantitative estimate of drug-likeness (QED) is 0.477. The van der Waals surface area contributed by atoms with E-state index in [1.54, 1.807) is 13.3 Å². The average Bonchev–Trinajstić information content (AvgIpc) is 2.67. The summed E-state index contributed by atoms with van der Waals surface area (Å²) in [6, 6.07) is 26.3. The maximum absolute atomic E-state index is 5.38. The maximum Gasteiger partial charge on any atom is 0.142 e. The zero-order valence-electron chi connectivity index (χ0n) is 13.6. The first-order valence-electron chi connectivity index (χ1n) is 7.79. The third-order valence-electron chi connectivity index (χ3n) is 3.70. The minimum Gasteiger partial charge on any atom is -0.496 e. The Kier molecular flexibility index (Phi) is 5.25. The highest BCUT2D eigenvalue weighted by atomic mass is 16.6. The van der Waals surface area contributed by atoms with Crippen LogP contribution in [0.25, 0.3) is 11.1 Å². The van der Waals surface area contributed by atoms with Crippen LogP contribution in [0.15, 0.2) is 84.0 Å². The third kappa shape index (κ3) is 4.02. The van der Waals surface area contributed by atoms with Gasteiger partial charge >= 0.3 is 0 Å². The summed E-state index contributed by atoms with van der Waals surface area (Å²) in [6.07, 6.45) is 1.66. The Bertz CT molecular complexity index is 796. The van der Waals surface area contributed by atoms with Crippen LogP contribution in [0.5, 0.6) is 5.75 Å². The summed E-state index contributed by atoms with van der Waals surface area (Å²) in [5.74, 6) is 0.775. The molecule has 0 aliphatic heterocycles. The van der Waals surface area contributed by atoms with Crippen molar-refractivity contribution in [2.45, 2.75) is 6.61 Å². The molecule has 24 heavy (non-hydrogen) atoms. The number of oxime groups is 1. The largest absolute Gasteiger partial charge is 0.496 e. The van der Waals surface area contributed by atoms with Gasteiger partial charge in [0.2, 0.25) is 0 Å². The second-order valence-corrected chi connectivity index (χ2v) is 5.31. The summed E-state index contributed by atoms with van der Waals surface area (Å²) in [6.45, 7) is 0.431. The van der Waals surface area contributed by atoms with E-state index in [9.17, 15) is 0 Å². The smallest absolute Gasteiger partial charge is 0.142 e. The van der Waals surface area contributed by atoms with Gasteiger partial charge < -0.3 is 9.57 Å². The first-order chi connectivity index (χ1) is 11.9. The Hall–Kier alpha value is -3.07. The van der Waals surface area contributed by atoms with Crippen molar-refractivity contribution >= 4 is 6.21 Å². The van der Waals surface area contributed by atoms with Gasteiger partial charge in [-0.25, -0.2) is 0 Å². The molecule has 3 aromatic rings. The molecule has 0 amide bonds. The minimum atomic E-state index is 0.431. The summed E-state index contributed by atoms with van der Waals surface area (Å²) in [5, 5.41) is 4.02. The molecule has 0 atom stereocenters. The van der Waals surface area contributed by atoms with Gasteiger partial charge in [0.1, 0.15) is 12.4 Å². The fourth-order valence-corrected chi connectivity index (χ4v) is 2.40. The second-order valence-electron chi connectivity index (χ2n) is 5.31. The van der Waals surface area contributed by atoms with Crippen molar-refractivity contribution in [3.8, 4) is 16.9 Å². The van der Waals surface area contributed by atoms with Crippen molar-refractivity contribution in [1.82, 2.24) is 0 Å². The normalized spacial score (nSPS) is 10.7. The molecular formula is C21H19NO2. The van der Waals surface area contributed by atoms with Crippen molar-refractivity contribution in [3.05, 3.63) is 90.0 Å². The molecule has 0 aromatic heterocycles. The van der Waals surface area contributed by atoms with E-state index in [0.29, 0.717) is 6.61 Å². The van der Waals surface area contributed by atoms with Gasteiger partial charge in [0.15, 0.2) is 0 Å². The van der Waals surface area contributed by atoms with Gasteiger partial charge in [-0.1, -0.05) is 71.9 Å². The molecular weight excluding hydrogens is 298 g/mol. The van der Waals surface area contributed by atoms with Crippen molar-refractivity contribution < 1.29 is 9.57 Å². The zero-order valence-corrected chi connectivity index (χ0v) is 13.6. The molecule has 0 spiro atoms. The van der Waals surface area contributed by atoms with E-state index in [-0.39, 0.29) is 0 Å². The van der Waals surface area contributed by atoms with Gasteiger partial charge in [0, 0.05) is 5.56 Å². The Balaban J connectivity index is 1.58. The van der Waals surface area contributed by atoms with Crippen LogP contribution in [0.1, 0.15) is 11.1 Å². The van der Waals surface area contributed by atoms with Crippen LogP contribution in [0.3, 0.4) is 0 Å². The predicted molar refractivity (Wildman–Crippen MR) is 97.3 cm³/mol. The number of rotatable bonds is 6. The van der Waals surface area contributed by atoms with Crippen molar-refractivity contribution in [1.29, 1.82) is 0 Å². The van der Waals surface area contributed by atoms with E-state index in [1.807, 2.05) is 42.5 Å². The lowest BCUT2D eigenvalue weighted by molar-refractivity contribution is 0.132. The number of hydrogen-bond acceptors (Lipinski definition) is 3. The Morgan fingerprint density at radius 3 is 2.21 bits per heavy atom. The number of benzene rings is 3. The minimum absolute atomic E-state index is 0.431. The molecule has 0 saturated carbocycles. The van der Waals surface area contributed by atoms with Crippen LogP contribution in [0.4, 0.5) is 0 Å². The second kappa shape index (κ2) is 7.97. The standard InChI is InChI=1S/C21H19NO2/c1-23-21-10-6-5-9-20(21)15-22-24-16-17-11-13-19(14-12-17)18-7-3-2-4-8-18/h2-15H,16H2,1H3. The topological polar surface area (TPSA) is 30.8 Å². The van der Waals surface area contributed by atoms with E-state index < -0.39 is 0 Å². The van der Waals surface area contributed by atoms with Gasteiger partial charge in [-0.2, -0.15) is 0 Å². The number of hydrogen-bond donors (Lipinski definition) is 0. The maximum atomic E-state index is 5.38. The first kappa shape index (κ1) is 15.8. The van der Waals surface area contributed by atoms with E-state index in [2.05, 4.69) is 41.6 Å². The van der Waals surface area contributed by atoms with Crippen molar-refractivity contribution in [2.75, 3.05) is 7.11 Å². The van der Waals surface area contributed by atoms with Gasteiger partial charge in [-0.3, -0.25) is 0 Å². The van der Waals surface area contributed by atoms with Crippen LogP contribution >= 0.6 is 0 Å². The Morgan fingerprint density at radius 1 is 0.792 bits per heavy atom. The van der Waals surface area contributed by atoms with Crippen LogP contribution in [-0.4, -0.2) is 13.3 Å². The van der Waals surface area contributed by atoms with Crippen LogP contribution in [0, 0.1) is 0 Å². The highest BCUT2D eigenvalue weighted by molar-refractivity contribution is 5.83. The molecule has 3 rings (SSSR count). The van der Waals surface area contributed by atoms with Gasteiger partial charge in [0.25, 0.3) is 0 Å². The Labute approximate surface area is 142 Å². The molecule has 0 saturated heterocycles. The summed E-state index contributed by atoms with van der Waals surface area (Å²) < 4.78 is 5.27. The van der Waals surface area contributed by atoms with Crippen molar-refractivity contribution in [2.24, 2.45) is 5.16 Å². The lowest BCUT2D eigenvalue weighted by Gasteiger charge is -2.05. The molecule has 0 aliphatic rings. The summed E-state index contributed by atoms with van der Waals surface area (Å²) in [7, 11) is 1.64. The van der Waals surface area contributed by atoms with E-state index in [0.717, 1.165) is 16.9 Å². The summed E-state index contributed by atoms with van der Waals surface area (Å²) in [4.78, 5) is 5.38. The number of methoxy groups -OCH3 is 1. The number of nitrogens with zero attached hydrogens (tertiary/aromatic N) is 1. The lowest BCUT2D eigenvalue weighted by Crippen LogP contribution is -1.92. The summed E-state index contributed by atoms with van der Waals surface area (Å²) in [5.41, 5.74) is 4.36. The molecule has 0 N–H and O–H groups in total. The molecule has 0 fully saturated rings. The van der Waals surface area contributed by atoms with E-state index in [4.69, 9.17) is 9.57 Å². The molecule has 3 heteroatoms. The fourth-order valence-electron chi connectivity index (χ4n) is 2.40. The van der Waals surface area contributed by atoms with Crippen LogP contribution < -0.4 is 4.74 Å². The lowest BCUT2D eigenvalue weighted by atomic mass is 10.0. The van der Waals surface area contributed by atoms with Gasteiger partial charge in [-0.05, 0) is 28.8 Å². The molecule has 3 aromatic carbocycles. The Morgan fingerprint density at radius 2 is 1.46 bits per heavy atom. The van der Waals surface area contributed by atoms with Gasteiger partial charge in [-0.15, -0.1) is 0 Å². The number of ether oxygens (including phenoxy) is 1. The average molecular weight is 317 g/mol. The highest BCUT2D eigenvalue weighted by Crippen LogP contribution is 2.19. The van der Waals surface area contributed by atoms with E-state index in [1.165, 1.54) is 11.1 Å². The highest BCUT2D eigenvalue weighted by Gasteiger charge is 1.99. The monoisotopic (exact) mass is 317 g/mol. The van der Waals surface area contributed by atoms with Crippen molar-refractivity contribution in [3.63, 3.8) is 0 Å². The molecule has 0 unspecified atom stereocenters. The number of para-hydroxylation sites is 1. The van der Waals surface area contributed by atoms with Gasteiger partial charge in [0.05, 0.1) is 13.3 Å². The SMILES string of the molecule is COc1ccccc1C=NOCc1ccc(-c2ccccc2)cc1. The van der Waals surface area contributed by atoms with Crippen LogP contribution in [0.2, 0.25) is 0 Å². The molecule has 0 radical (unpaired) electrons. The zero-order chi connectivity index (χ0) is 16.6. The first-order valence-corrected chi connectivity index (χ1v) is 7.79. The molecule has 0 heterocycles. The summed E-state index contributed by atoms with van der Waals surface area (Å²) >= 11 is 0. The molecule has 120 valence electrons. The van der Waals surface area contributed by atoms with E-state index >= 15 is 0 Å². The molecule has 3 nitrogen and oxygen atoms in total. The third-order valence-corrected chi connectivity index (χ3v) is 3.70.